The van der Waals surface area contributed by atoms with E-state index in [9.17, 15) is 22.6 Å². The Kier molecular flexibility index (Phi) is 10.1. The molecule has 0 saturated heterocycles. The molecular formula is C31H20I5O7S-. The van der Waals surface area contributed by atoms with Gasteiger partial charge in [-0.25, -0.2) is 13.2 Å². The van der Waals surface area contributed by atoms with Gasteiger partial charge < -0.3 is 14.0 Å². The SMILES string of the molecule is O=C(OCC1C(C(=O)Oc2cc(I)c(S(=O)(=O)[O-])c(I)c2)C2c3ccccc3C1C1C=CC=CC12)c1cc(I)cc(I)c1I. The molecule has 6 unspecified atom stereocenters. The number of allylic oxidation sites excluding steroid dienone is 4. The fourth-order valence-electron chi connectivity index (χ4n) is 6.83. The van der Waals surface area contributed by atoms with Crippen molar-refractivity contribution in [2.45, 2.75) is 16.7 Å². The summed E-state index contributed by atoms with van der Waals surface area (Å²) < 4.78 is 50.4. The van der Waals surface area contributed by atoms with E-state index in [1.807, 2.05) is 30.4 Å². The van der Waals surface area contributed by atoms with Crippen molar-refractivity contribution >= 4 is 135 Å². The molecule has 0 spiro atoms. The van der Waals surface area contributed by atoms with Gasteiger partial charge in [0.1, 0.15) is 15.9 Å². The maximum absolute atomic E-state index is 14.2. The van der Waals surface area contributed by atoms with Crippen molar-refractivity contribution in [3.05, 3.63) is 107 Å². The van der Waals surface area contributed by atoms with Gasteiger partial charge in [-0.1, -0.05) is 48.6 Å². The lowest BCUT2D eigenvalue weighted by molar-refractivity contribution is -0.147. The van der Waals surface area contributed by atoms with E-state index < -0.39 is 28.0 Å². The molecule has 13 heteroatoms. The van der Waals surface area contributed by atoms with Gasteiger partial charge in [-0.15, -0.1) is 0 Å². The van der Waals surface area contributed by atoms with Crippen LogP contribution in [-0.4, -0.2) is 31.5 Å². The topological polar surface area (TPSA) is 110 Å². The first kappa shape index (κ1) is 33.5. The molecule has 4 aliphatic carbocycles. The number of halogens is 5. The highest BCUT2D eigenvalue weighted by atomic mass is 127. The Bertz CT molecular complexity index is 1850. The summed E-state index contributed by atoms with van der Waals surface area (Å²) in [6.45, 7) is 0.0233. The molecule has 3 aromatic carbocycles. The Morgan fingerprint density at radius 1 is 0.818 bits per heavy atom. The summed E-state index contributed by atoms with van der Waals surface area (Å²) in [7, 11) is -4.71. The zero-order chi connectivity index (χ0) is 31.5. The van der Waals surface area contributed by atoms with Crippen molar-refractivity contribution < 1.29 is 32.0 Å². The van der Waals surface area contributed by atoms with Gasteiger partial charge >= 0.3 is 11.9 Å². The summed E-state index contributed by atoms with van der Waals surface area (Å²) in [6, 6.07) is 14.7. The van der Waals surface area contributed by atoms with Crippen LogP contribution in [0.3, 0.4) is 0 Å². The van der Waals surface area contributed by atoms with Gasteiger partial charge in [-0.05, 0) is 166 Å². The molecule has 7 rings (SSSR count). The van der Waals surface area contributed by atoms with Crippen LogP contribution in [0, 0.1) is 41.5 Å². The van der Waals surface area contributed by atoms with Crippen LogP contribution in [0.25, 0.3) is 0 Å². The largest absolute Gasteiger partial charge is 0.744 e. The van der Waals surface area contributed by atoms with Crippen molar-refractivity contribution in [3.8, 4) is 5.75 Å². The molecule has 0 amide bonds. The lowest BCUT2D eigenvalue weighted by Crippen LogP contribution is -2.53. The second-order valence-electron chi connectivity index (χ2n) is 10.7. The van der Waals surface area contributed by atoms with Gasteiger partial charge in [0.25, 0.3) is 0 Å². The molecule has 2 bridgehead atoms. The van der Waals surface area contributed by atoms with E-state index in [4.69, 9.17) is 9.47 Å². The van der Waals surface area contributed by atoms with Crippen LogP contribution in [0.4, 0.5) is 0 Å². The molecule has 44 heavy (non-hydrogen) atoms. The van der Waals surface area contributed by atoms with E-state index in [1.54, 1.807) is 51.2 Å². The number of rotatable bonds is 6. The van der Waals surface area contributed by atoms with Crippen molar-refractivity contribution in [2.24, 2.45) is 23.7 Å². The monoisotopic (exact) mass is 1170 g/mol. The second kappa shape index (κ2) is 13.3. The minimum absolute atomic E-state index is 0.0233. The molecule has 0 N–H and O–H groups in total. The maximum Gasteiger partial charge on any atom is 0.339 e. The summed E-state index contributed by atoms with van der Waals surface area (Å²) >= 11 is 10.1. The number of ether oxygens (including phenoxy) is 2. The molecule has 228 valence electrons. The zero-order valence-electron chi connectivity index (χ0n) is 22.3. The van der Waals surface area contributed by atoms with Gasteiger partial charge in [0.15, 0.2) is 0 Å². The molecule has 0 heterocycles. The van der Waals surface area contributed by atoms with E-state index in [0.717, 1.165) is 21.8 Å². The van der Waals surface area contributed by atoms with Gasteiger partial charge in [-0.2, -0.15) is 0 Å². The van der Waals surface area contributed by atoms with Gasteiger partial charge in [0, 0.05) is 29.7 Å². The fraction of sp³-hybridized carbons (Fsp3) is 0.226. The van der Waals surface area contributed by atoms with Crippen LogP contribution in [0.15, 0.2) is 77.7 Å². The fourth-order valence-corrected chi connectivity index (χ4v) is 13.1. The molecule has 6 atom stereocenters. The third-order valence-corrected chi connectivity index (χ3v) is 15.4. The molecule has 0 aromatic heterocycles. The highest BCUT2D eigenvalue weighted by Crippen LogP contribution is 2.62. The highest BCUT2D eigenvalue weighted by Gasteiger charge is 2.58. The number of hydrogen-bond donors (Lipinski definition) is 0. The molecule has 1 saturated carbocycles. The van der Waals surface area contributed by atoms with Crippen LogP contribution >= 0.6 is 113 Å². The predicted octanol–water partition coefficient (Wildman–Crippen LogP) is 7.86. The Morgan fingerprint density at radius 3 is 2.02 bits per heavy atom. The van der Waals surface area contributed by atoms with Crippen molar-refractivity contribution in [1.29, 1.82) is 0 Å². The average Bonchev–Trinajstić information content (AvgIpc) is 2.96. The third-order valence-electron chi connectivity index (χ3n) is 8.41. The van der Waals surface area contributed by atoms with Gasteiger partial charge in [0.05, 0.1) is 23.0 Å². The van der Waals surface area contributed by atoms with E-state index >= 15 is 0 Å². The van der Waals surface area contributed by atoms with Crippen molar-refractivity contribution in [2.75, 3.05) is 6.61 Å². The number of hydrogen-bond acceptors (Lipinski definition) is 7. The number of carbonyl (C=O) groups is 2. The standard InChI is InChI=1S/C31H21I5O7S/c32-14-9-20(28(36)22(33)10-14)30(37)42-13-21-25-16-5-1-3-7-18(16)26(19-8-4-2-6-17(19)25)27(21)31(38)43-15-11-23(34)29(24(35)12-15)44(39,40)41/h1-12,16,18,21,25-27H,13H2,(H,39,40,41)/p-1. The molecule has 3 aromatic rings. The predicted molar refractivity (Wildman–Crippen MR) is 205 cm³/mol. The Hall–Kier alpha value is -0.360. The van der Waals surface area contributed by atoms with Crippen LogP contribution < -0.4 is 4.74 Å². The lowest BCUT2D eigenvalue weighted by Gasteiger charge is -2.55. The van der Waals surface area contributed by atoms with Crippen LogP contribution in [0.2, 0.25) is 0 Å². The third kappa shape index (κ3) is 6.28. The maximum atomic E-state index is 14.2. The minimum Gasteiger partial charge on any atom is -0.744 e. The molecular weight excluding hydrogens is 1150 g/mol. The lowest BCUT2D eigenvalue weighted by atomic mass is 9.48. The first-order chi connectivity index (χ1) is 20.9. The summed E-state index contributed by atoms with van der Waals surface area (Å²) in [5, 5.41) is 0. The van der Waals surface area contributed by atoms with Crippen LogP contribution in [-0.2, 0) is 19.6 Å². The Morgan fingerprint density at radius 2 is 1.41 bits per heavy atom. The van der Waals surface area contributed by atoms with Crippen LogP contribution in [0.1, 0.15) is 33.3 Å². The Labute approximate surface area is 322 Å². The second-order valence-corrected chi connectivity index (χ2v) is 17.9. The quantitative estimate of drug-likeness (QED) is 0.0814. The average molecular weight is 1170 g/mol. The van der Waals surface area contributed by atoms with E-state index in [1.165, 1.54) is 12.1 Å². The summed E-state index contributed by atoms with van der Waals surface area (Å²) in [5.41, 5.74) is 2.72. The summed E-state index contributed by atoms with van der Waals surface area (Å²) in [4.78, 5) is 27.3. The smallest absolute Gasteiger partial charge is 0.339 e. The number of carbonyl (C=O) groups excluding carboxylic acids is 2. The first-order valence-electron chi connectivity index (χ1n) is 13.3. The number of fused-ring (bicyclic) bond motifs is 1. The normalized spacial score (nSPS) is 24.9. The van der Waals surface area contributed by atoms with Gasteiger partial charge in [-0.3, -0.25) is 4.79 Å². The number of benzene rings is 3. The van der Waals surface area contributed by atoms with Crippen molar-refractivity contribution in [1.82, 2.24) is 0 Å². The Balaban J connectivity index is 1.38. The van der Waals surface area contributed by atoms with Crippen molar-refractivity contribution in [3.63, 3.8) is 0 Å². The molecule has 1 fully saturated rings. The first-order valence-corrected chi connectivity index (χ1v) is 20.1. The van der Waals surface area contributed by atoms with Crippen LogP contribution in [0.5, 0.6) is 5.75 Å². The number of esters is 2. The van der Waals surface area contributed by atoms with Gasteiger partial charge in [0.2, 0.25) is 0 Å². The van der Waals surface area contributed by atoms with E-state index in [-0.39, 0.29) is 54.0 Å². The minimum atomic E-state index is -4.71. The molecule has 4 aliphatic rings. The highest BCUT2D eigenvalue weighted by molar-refractivity contribution is 14.1. The zero-order valence-corrected chi connectivity index (χ0v) is 33.9. The van der Waals surface area contributed by atoms with E-state index in [2.05, 4.69) is 92.1 Å². The summed E-state index contributed by atoms with van der Waals surface area (Å²) in [6.07, 6.45) is 8.38. The molecule has 0 radical (unpaired) electrons. The summed E-state index contributed by atoms with van der Waals surface area (Å²) in [5.74, 6) is -1.95. The molecule has 0 aliphatic heterocycles. The molecule has 7 nitrogen and oxygen atoms in total. The van der Waals surface area contributed by atoms with E-state index in [0.29, 0.717) is 5.56 Å².